The van der Waals surface area contributed by atoms with Gasteiger partial charge in [-0.05, 0) is 25.9 Å². The van der Waals surface area contributed by atoms with Crippen LogP contribution in [0.1, 0.15) is 18.4 Å². The molecule has 6 nitrogen and oxygen atoms in total. The van der Waals surface area contributed by atoms with Crippen LogP contribution in [-0.2, 0) is 11.2 Å². The summed E-state index contributed by atoms with van der Waals surface area (Å²) in [6, 6.07) is 6.65. The Morgan fingerprint density at radius 2 is 2.00 bits per heavy atom. The molecule has 0 spiro atoms. The third-order valence-electron chi connectivity index (χ3n) is 3.78. The number of nitrogens with zero attached hydrogens (tertiary/aromatic N) is 2. The molecule has 116 valence electrons. The maximum absolute atomic E-state index is 12.3. The van der Waals surface area contributed by atoms with Crippen molar-refractivity contribution in [1.82, 2.24) is 10.2 Å². The van der Waals surface area contributed by atoms with Gasteiger partial charge in [0, 0.05) is 24.7 Å². The topological polar surface area (TPSA) is 75.5 Å². The van der Waals surface area contributed by atoms with E-state index < -0.39 is 4.92 Å². The molecule has 1 heterocycles. The van der Waals surface area contributed by atoms with Gasteiger partial charge >= 0.3 is 0 Å². The average Bonchev–Trinajstić information content (AvgIpc) is 2.47. The molecule has 0 aliphatic carbocycles. The summed E-state index contributed by atoms with van der Waals surface area (Å²) in [4.78, 5) is 24.5. The van der Waals surface area contributed by atoms with Gasteiger partial charge < -0.3 is 10.2 Å². The minimum absolute atomic E-state index is 0. The van der Waals surface area contributed by atoms with Crippen LogP contribution in [0, 0.1) is 10.1 Å². The van der Waals surface area contributed by atoms with Crippen molar-refractivity contribution in [2.24, 2.45) is 0 Å². The maximum atomic E-state index is 12.3. The van der Waals surface area contributed by atoms with Crippen molar-refractivity contribution in [2.45, 2.75) is 25.3 Å². The SMILES string of the molecule is CN(C(=O)Cc1ccccc1[N+](=O)[O-])C1CCNCC1.Cl. The summed E-state index contributed by atoms with van der Waals surface area (Å²) in [7, 11) is 1.78. The second-order valence-corrected chi connectivity index (χ2v) is 5.05. The lowest BCUT2D eigenvalue weighted by Crippen LogP contribution is -2.44. The van der Waals surface area contributed by atoms with Crippen LogP contribution in [0.2, 0.25) is 0 Å². The number of hydrogen-bond acceptors (Lipinski definition) is 4. The number of likely N-dealkylation sites (N-methyl/N-ethyl adjacent to an activating group) is 1. The Hall–Kier alpha value is -1.66. The molecule has 0 bridgehead atoms. The van der Waals surface area contributed by atoms with Gasteiger partial charge in [0.1, 0.15) is 0 Å². The summed E-state index contributed by atoms with van der Waals surface area (Å²) in [6.45, 7) is 1.82. The number of nitro groups is 1. The highest BCUT2D eigenvalue weighted by molar-refractivity contribution is 5.85. The molecular weight excluding hydrogens is 294 g/mol. The Kier molecular flexibility index (Phi) is 6.58. The largest absolute Gasteiger partial charge is 0.342 e. The molecule has 0 unspecified atom stereocenters. The van der Waals surface area contributed by atoms with Gasteiger partial charge in [-0.25, -0.2) is 0 Å². The van der Waals surface area contributed by atoms with Crippen LogP contribution in [0.3, 0.4) is 0 Å². The monoisotopic (exact) mass is 313 g/mol. The lowest BCUT2D eigenvalue weighted by atomic mass is 10.0. The summed E-state index contributed by atoms with van der Waals surface area (Å²) in [5, 5.41) is 14.2. The van der Waals surface area contributed by atoms with E-state index in [1.54, 1.807) is 30.1 Å². The van der Waals surface area contributed by atoms with Crippen LogP contribution in [-0.4, -0.2) is 41.9 Å². The molecule has 0 saturated carbocycles. The lowest BCUT2D eigenvalue weighted by Gasteiger charge is -2.31. The number of carbonyl (C=O) groups excluding carboxylic acids is 1. The van der Waals surface area contributed by atoms with Crippen LogP contribution >= 0.6 is 12.4 Å². The zero-order chi connectivity index (χ0) is 14.5. The van der Waals surface area contributed by atoms with E-state index in [0.717, 1.165) is 25.9 Å². The molecule has 1 aromatic rings. The van der Waals surface area contributed by atoms with E-state index in [9.17, 15) is 14.9 Å². The number of piperidine rings is 1. The molecular formula is C14H20ClN3O3. The summed E-state index contributed by atoms with van der Waals surface area (Å²) < 4.78 is 0. The zero-order valence-electron chi connectivity index (χ0n) is 11.9. The number of rotatable bonds is 4. The summed E-state index contributed by atoms with van der Waals surface area (Å²) in [5.74, 6) is -0.0637. The fraction of sp³-hybridized carbons (Fsp3) is 0.500. The van der Waals surface area contributed by atoms with Gasteiger partial charge in [0.2, 0.25) is 5.91 Å². The van der Waals surface area contributed by atoms with E-state index in [2.05, 4.69) is 5.32 Å². The molecule has 21 heavy (non-hydrogen) atoms. The third kappa shape index (κ3) is 4.41. The number of hydrogen-bond donors (Lipinski definition) is 1. The zero-order valence-corrected chi connectivity index (χ0v) is 12.8. The van der Waals surface area contributed by atoms with Crippen molar-refractivity contribution in [3.05, 3.63) is 39.9 Å². The number of amides is 1. The summed E-state index contributed by atoms with van der Waals surface area (Å²) >= 11 is 0. The number of carbonyl (C=O) groups is 1. The van der Waals surface area contributed by atoms with E-state index in [0.29, 0.717) is 5.56 Å². The van der Waals surface area contributed by atoms with E-state index in [-0.39, 0.29) is 36.5 Å². The summed E-state index contributed by atoms with van der Waals surface area (Å²) in [6.07, 6.45) is 1.94. The van der Waals surface area contributed by atoms with Gasteiger partial charge in [0.25, 0.3) is 5.69 Å². The Morgan fingerprint density at radius 3 is 2.62 bits per heavy atom. The third-order valence-corrected chi connectivity index (χ3v) is 3.78. The highest BCUT2D eigenvalue weighted by atomic mass is 35.5. The fourth-order valence-electron chi connectivity index (χ4n) is 2.52. The molecule has 2 rings (SSSR count). The first-order valence-electron chi connectivity index (χ1n) is 6.78. The first-order valence-corrected chi connectivity index (χ1v) is 6.78. The predicted octanol–water partition coefficient (Wildman–Crippen LogP) is 1.77. The normalized spacial score (nSPS) is 15.1. The predicted molar refractivity (Wildman–Crippen MR) is 82.7 cm³/mol. The first-order chi connectivity index (χ1) is 9.59. The maximum Gasteiger partial charge on any atom is 0.273 e. The Labute approximate surface area is 130 Å². The molecule has 1 aromatic carbocycles. The number of nitro benzene ring substituents is 1. The van der Waals surface area contributed by atoms with Gasteiger partial charge in [0.05, 0.1) is 11.3 Å². The number of nitrogens with one attached hydrogen (secondary N) is 1. The quantitative estimate of drug-likeness (QED) is 0.679. The number of halogens is 1. The molecule has 1 aliphatic heterocycles. The number of para-hydroxylation sites is 1. The molecule has 1 fully saturated rings. The van der Waals surface area contributed by atoms with Crippen LogP contribution in [0.25, 0.3) is 0 Å². The Morgan fingerprint density at radius 1 is 1.38 bits per heavy atom. The van der Waals surface area contributed by atoms with Gasteiger partial charge in [-0.2, -0.15) is 0 Å². The molecule has 0 aromatic heterocycles. The van der Waals surface area contributed by atoms with Gasteiger partial charge in [-0.3, -0.25) is 14.9 Å². The van der Waals surface area contributed by atoms with Crippen molar-refractivity contribution >= 4 is 24.0 Å². The molecule has 1 amide bonds. The van der Waals surface area contributed by atoms with E-state index in [1.807, 2.05) is 0 Å². The molecule has 0 atom stereocenters. The number of benzene rings is 1. The molecule has 1 aliphatic rings. The first kappa shape index (κ1) is 17.4. The van der Waals surface area contributed by atoms with E-state index >= 15 is 0 Å². The molecule has 7 heteroatoms. The second-order valence-electron chi connectivity index (χ2n) is 5.05. The standard InChI is InChI=1S/C14H19N3O3.ClH/c1-16(12-6-8-15-9-7-12)14(18)10-11-4-2-3-5-13(11)17(19)20;/h2-5,12,15H,6-10H2,1H3;1H. The second kappa shape index (κ2) is 7.95. The molecule has 0 radical (unpaired) electrons. The summed E-state index contributed by atoms with van der Waals surface area (Å²) in [5.41, 5.74) is 0.489. The van der Waals surface area contributed by atoms with Crippen molar-refractivity contribution in [2.75, 3.05) is 20.1 Å². The van der Waals surface area contributed by atoms with Crippen molar-refractivity contribution in [3.8, 4) is 0 Å². The Balaban J connectivity index is 0.00000220. The van der Waals surface area contributed by atoms with Gasteiger partial charge in [0.15, 0.2) is 0 Å². The van der Waals surface area contributed by atoms with Gasteiger partial charge in [-0.15, -0.1) is 12.4 Å². The highest BCUT2D eigenvalue weighted by Crippen LogP contribution is 2.20. The average molecular weight is 314 g/mol. The minimum Gasteiger partial charge on any atom is -0.342 e. The van der Waals surface area contributed by atoms with Crippen molar-refractivity contribution in [3.63, 3.8) is 0 Å². The van der Waals surface area contributed by atoms with Crippen molar-refractivity contribution < 1.29 is 9.72 Å². The van der Waals surface area contributed by atoms with Crippen LogP contribution < -0.4 is 5.32 Å². The van der Waals surface area contributed by atoms with Crippen LogP contribution in [0.4, 0.5) is 5.69 Å². The minimum atomic E-state index is -0.437. The smallest absolute Gasteiger partial charge is 0.273 e. The molecule has 1 saturated heterocycles. The van der Waals surface area contributed by atoms with Crippen LogP contribution in [0.15, 0.2) is 24.3 Å². The highest BCUT2D eigenvalue weighted by Gasteiger charge is 2.24. The van der Waals surface area contributed by atoms with Crippen molar-refractivity contribution in [1.29, 1.82) is 0 Å². The van der Waals surface area contributed by atoms with Crippen LogP contribution in [0.5, 0.6) is 0 Å². The lowest BCUT2D eigenvalue weighted by molar-refractivity contribution is -0.385. The van der Waals surface area contributed by atoms with E-state index in [4.69, 9.17) is 0 Å². The van der Waals surface area contributed by atoms with E-state index in [1.165, 1.54) is 6.07 Å². The molecule has 1 N–H and O–H groups in total. The Bertz CT molecular complexity index is 504. The fourth-order valence-corrected chi connectivity index (χ4v) is 2.52. The van der Waals surface area contributed by atoms with Gasteiger partial charge in [-0.1, -0.05) is 18.2 Å².